The first-order valence-electron chi connectivity index (χ1n) is 5.41. The van der Waals surface area contributed by atoms with Crippen LogP contribution in [-0.2, 0) is 9.59 Å². The number of hydrogen-bond donors (Lipinski definition) is 1. The lowest BCUT2D eigenvalue weighted by Crippen LogP contribution is -2.59. The molecule has 0 saturated carbocycles. The van der Waals surface area contributed by atoms with Crippen LogP contribution in [0.2, 0.25) is 0 Å². The van der Waals surface area contributed by atoms with Crippen molar-refractivity contribution in [2.24, 2.45) is 0 Å². The molecular formula is C11H11BrN2O3S. The molecule has 1 aliphatic heterocycles. The van der Waals surface area contributed by atoms with Gasteiger partial charge in [0.15, 0.2) is 0 Å². The minimum Gasteiger partial charge on any atom is -0.317 e. The first-order valence-corrected chi connectivity index (χ1v) is 7.09. The number of nitrogens with zero attached hydrogens (tertiary/aromatic N) is 1. The Balaban J connectivity index is 2.26. The molecule has 2 heterocycles. The van der Waals surface area contributed by atoms with Crippen LogP contribution in [0.15, 0.2) is 15.2 Å². The van der Waals surface area contributed by atoms with Crippen LogP contribution in [0.3, 0.4) is 0 Å². The topological polar surface area (TPSA) is 66.5 Å². The summed E-state index contributed by atoms with van der Waals surface area (Å²) in [6, 6.07) is 1.12. The zero-order valence-corrected chi connectivity index (χ0v) is 12.0. The molecule has 3 amide bonds. The molecule has 18 heavy (non-hydrogen) atoms. The molecule has 7 heteroatoms. The standard InChI is InChI=1S/C11H11BrN2O3S/c1-2-7-10(16)13-9(15)4-14(7)11(17)6-3-8(12)18-5-6/h3,5,7H,2,4H2,1H3,(H,13,15,16). The summed E-state index contributed by atoms with van der Waals surface area (Å²) in [6.45, 7) is 1.74. The zero-order chi connectivity index (χ0) is 13.3. The van der Waals surface area contributed by atoms with Gasteiger partial charge in [0.1, 0.15) is 12.6 Å². The summed E-state index contributed by atoms with van der Waals surface area (Å²) < 4.78 is 0.840. The normalized spacial score (nSPS) is 19.9. The molecule has 1 aromatic heterocycles. The Hall–Kier alpha value is -1.21. The second-order valence-electron chi connectivity index (χ2n) is 3.91. The van der Waals surface area contributed by atoms with Gasteiger partial charge in [0, 0.05) is 5.38 Å². The van der Waals surface area contributed by atoms with Crippen molar-refractivity contribution in [3.63, 3.8) is 0 Å². The van der Waals surface area contributed by atoms with E-state index in [4.69, 9.17) is 0 Å². The number of carbonyl (C=O) groups is 3. The van der Waals surface area contributed by atoms with Gasteiger partial charge in [0.05, 0.1) is 9.35 Å². The smallest absolute Gasteiger partial charge is 0.255 e. The molecule has 1 aliphatic rings. The first-order chi connectivity index (χ1) is 8.52. The summed E-state index contributed by atoms with van der Waals surface area (Å²) in [5, 5.41) is 3.95. The van der Waals surface area contributed by atoms with Crippen LogP contribution < -0.4 is 5.32 Å². The van der Waals surface area contributed by atoms with E-state index < -0.39 is 17.9 Å². The van der Waals surface area contributed by atoms with Crippen molar-refractivity contribution < 1.29 is 14.4 Å². The molecule has 1 saturated heterocycles. The zero-order valence-electron chi connectivity index (χ0n) is 9.60. The van der Waals surface area contributed by atoms with Gasteiger partial charge in [-0.05, 0) is 28.4 Å². The summed E-state index contributed by atoms with van der Waals surface area (Å²) in [6.07, 6.45) is 0.482. The number of halogens is 1. The van der Waals surface area contributed by atoms with Crippen molar-refractivity contribution in [2.45, 2.75) is 19.4 Å². The minimum absolute atomic E-state index is 0.0729. The van der Waals surface area contributed by atoms with E-state index in [0.717, 1.165) is 3.79 Å². The van der Waals surface area contributed by atoms with E-state index in [1.807, 2.05) is 6.92 Å². The Morgan fingerprint density at radius 1 is 1.61 bits per heavy atom. The van der Waals surface area contributed by atoms with Crippen LogP contribution in [0.25, 0.3) is 0 Å². The van der Waals surface area contributed by atoms with Crippen LogP contribution in [0.1, 0.15) is 23.7 Å². The molecule has 1 atom stereocenters. The quantitative estimate of drug-likeness (QED) is 0.833. The molecule has 0 radical (unpaired) electrons. The highest BCUT2D eigenvalue weighted by molar-refractivity contribution is 9.11. The summed E-state index contributed by atoms with van der Waals surface area (Å²) in [7, 11) is 0. The van der Waals surface area contributed by atoms with Gasteiger partial charge in [0.2, 0.25) is 11.8 Å². The molecule has 1 unspecified atom stereocenters. The first kappa shape index (κ1) is 13.2. The van der Waals surface area contributed by atoms with Crippen LogP contribution in [0, 0.1) is 0 Å². The number of carbonyl (C=O) groups excluding carboxylic acids is 3. The van der Waals surface area contributed by atoms with Gasteiger partial charge in [0.25, 0.3) is 5.91 Å². The average molecular weight is 331 g/mol. The highest BCUT2D eigenvalue weighted by Crippen LogP contribution is 2.23. The summed E-state index contributed by atoms with van der Waals surface area (Å²) in [5.74, 6) is -1.13. The number of imide groups is 1. The third-order valence-electron chi connectivity index (χ3n) is 2.72. The predicted octanol–water partition coefficient (Wildman–Crippen LogP) is 1.39. The van der Waals surface area contributed by atoms with Crippen LogP contribution in [0.5, 0.6) is 0 Å². The van der Waals surface area contributed by atoms with E-state index in [-0.39, 0.29) is 12.5 Å². The van der Waals surface area contributed by atoms with Crippen molar-refractivity contribution in [1.29, 1.82) is 0 Å². The van der Waals surface area contributed by atoms with E-state index in [0.29, 0.717) is 12.0 Å². The lowest BCUT2D eigenvalue weighted by molar-refractivity contribution is -0.138. The van der Waals surface area contributed by atoms with Crippen molar-refractivity contribution in [1.82, 2.24) is 10.2 Å². The maximum Gasteiger partial charge on any atom is 0.255 e. The van der Waals surface area contributed by atoms with E-state index >= 15 is 0 Å². The average Bonchev–Trinajstić information content (AvgIpc) is 2.74. The Bertz CT molecular complexity index is 514. The fourth-order valence-corrected chi connectivity index (χ4v) is 3.00. The molecule has 0 aliphatic carbocycles. The second kappa shape index (κ2) is 5.19. The van der Waals surface area contributed by atoms with Gasteiger partial charge >= 0.3 is 0 Å². The fourth-order valence-electron chi connectivity index (χ4n) is 1.87. The van der Waals surface area contributed by atoms with Crippen molar-refractivity contribution in [2.75, 3.05) is 6.54 Å². The number of amides is 3. The van der Waals surface area contributed by atoms with Gasteiger partial charge in [-0.1, -0.05) is 6.92 Å². The Kier molecular flexibility index (Phi) is 3.82. The van der Waals surface area contributed by atoms with E-state index in [2.05, 4.69) is 21.2 Å². The molecule has 1 fully saturated rings. The SMILES string of the molecule is CCC1C(=O)NC(=O)CN1C(=O)c1csc(Br)c1. The Morgan fingerprint density at radius 2 is 2.33 bits per heavy atom. The fraction of sp³-hybridized carbons (Fsp3) is 0.364. The monoisotopic (exact) mass is 330 g/mol. The lowest BCUT2D eigenvalue weighted by atomic mass is 10.1. The second-order valence-corrected chi connectivity index (χ2v) is 6.20. The molecule has 0 spiro atoms. The van der Waals surface area contributed by atoms with Crippen LogP contribution >= 0.6 is 27.3 Å². The van der Waals surface area contributed by atoms with E-state index in [1.165, 1.54) is 16.2 Å². The third-order valence-corrected chi connectivity index (χ3v) is 4.22. The van der Waals surface area contributed by atoms with Crippen LogP contribution in [0.4, 0.5) is 0 Å². The predicted molar refractivity (Wildman–Crippen MR) is 70.3 cm³/mol. The van der Waals surface area contributed by atoms with Gasteiger partial charge in [-0.3, -0.25) is 19.7 Å². The molecule has 1 N–H and O–H groups in total. The molecular weight excluding hydrogens is 320 g/mol. The largest absolute Gasteiger partial charge is 0.317 e. The summed E-state index contributed by atoms with van der Waals surface area (Å²) in [4.78, 5) is 36.6. The van der Waals surface area contributed by atoms with Crippen LogP contribution in [-0.4, -0.2) is 35.2 Å². The maximum atomic E-state index is 12.3. The maximum absolute atomic E-state index is 12.3. The number of thiophene rings is 1. The van der Waals surface area contributed by atoms with Crippen molar-refractivity contribution in [3.8, 4) is 0 Å². The lowest BCUT2D eigenvalue weighted by Gasteiger charge is -2.33. The number of hydrogen-bond acceptors (Lipinski definition) is 4. The highest BCUT2D eigenvalue weighted by Gasteiger charge is 2.36. The van der Waals surface area contributed by atoms with Crippen molar-refractivity contribution in [3.05, 3.63) is 20.8 Å². The molecule has 0 aromatic carbocycles. The van der Waals surface area contributed by atoms with E-state index in [9.17, 15) is 14.4 Å². The summed E-state index contributed by atoms with van der Waals surface area (Å²) in [5.41, 5.74) is 0.493. The molecule has 5 nitrogen and oxygen atoms in total. The number of nitrogens with one attached hydrogen (secondary N) is 1. The molecule has 0 bridgehead atoms. The van der Waals surface area contributed by atoms with Crippen molar-refractivity contribution >= 4 is 45.0 Å². The van der Waals surface area contributed by atoms with Gasteiger partial charge < -0.3 is 4.90 Å². The Labute approximate surface area is 116 Å². The third kappa shape index (κ3) is 2.46. The number of piperazine rings is 1. The molecule has 96 valence electrons. The van der Waals surface area contributed by atoms with Gasteiger partial charge in [-0.15, -0.1) is 11.3 Å². The number of rotatable bonds is 2. The van der Waals surface area contributed by atoms with E-state index in [1.54, 1.807) is 11.4 Å². The Morgan fingerprint density at radius 3 is 2.89 bits per heavy atom. The van der Waals surface area contributed by atoms with Gasteiger partial charge in [-0.2, -0.15) is 0 Å². The molecule has 1 aromatic rings. The summed E-state index contributed by atoms with van der Waals surface area (Å²) >= 11 is 4.67. The molecule has 2 rings (SSSR count). The highest BCUT2D eigenvalue weighted by atomic mass is 79.9. The minimum atomic E-state index is -0.575. The van der Waals surface area contributed by atoms with Gasteiger partial charge in [-0.25, -0.2) is 0 Å².